The molecule has 0 atom stereocenters. The molecule has 0 aliphatic heterocycles. The molecule has 0 saturated carbocycles. The van der Waals surface area contributed by atoms with Crippen molar-refractivity contribution in [3.05, 3.63) is 23.8 Å². The van der Waals surface area contributed by atoms with Crippen LogP contribution in [0.3, 0.4) is 0 Å². The molecule has 2 N–H and O–H groups in total. The van der Waals surface area contributed by atoms with Crippen molar-refractivity contribution in [2.45, 2.75) is 33.6 Å². The summed E-state index contributed by atoms with van der Waals surface area (Å²) < 4.78 is 10.5. The van der Waals surface area contributed by atoms with E-state index in [9.17, 15) is 4.79 Å². The summed E-state index contributed by atoms with van der Waals surface area (Å²) in [7, 11) is 0. The minimum atomic E-state index is -0.417. The Morgan fingerprint density at radius 3 is 2.71 bits per heavy atom. The van der Waals surface area contributed by atoms with Crippen molar-refractivity contribution in [3.63, 3.8) is 0 Å². The summed E-state index contributed by atoms with van der Waals surface area (Å²) in [5, 5.41) is 8.90. The number of carbonyl (C=O) groups is 1. The Hall–Kier alpha value is -2.22. The van der Waals surface area contributed by atoms with Crippen LogP contribution in [0.5, 0.6) is 5.75 Å². The molecule has 21 heavy (non-hydrogen) atoms. The highest BCUT2D eigenvalue weighted by Crippen LogP contribution is 2.23. The first-order valence-corrected chi connectivity index (χ1v) is 7.00. The smallest absolute Gasteiger partial charge is 0.338 e. The van der Waals surface area contributed by atoms with Crippen molar-refractivity contribution in [1.82, 2.24) is 0 Å². The quantitative estimate of drug-likeness (QED) is 0.473. The zero-order valence-electron chi connectivity index (χ0n) is 12.8. The average molecular weight is 290 g/mol. The molecule has 0 amide bonds. The lowest BCUT2D eigenvalue weighted by molar-refractivity contribution is 0.0491. The lowest BCUT2D eigenvalue weighted by Crippen LogP contribution is -2.12. The highest BCUT2D eigenvalue weighted by atomic mass is 16.5. The number of hydrogen-bond acceptors (Lipinski definition) is 5. The van der Waals surface area contributed by atoms with Crippen molar-refractivity contribution < 1.29 is 14.3 Å². The monoisotopic (exact) mass is 290 g/mol. The molecule has 5 heteroatoms. The number of anilines is 1. The SMILES string of the molecule is CCOc1ccc(C(=O)OCCCC(C)(C)C#N)cc1N. The van der Waals surface area contributed by atoms with Crippen LogP contribution in [0.1, 0.15) is 44.0 Å². The van der Waals surface area contributed by atoms with Gasteiger partial charge in [-0.05, 0) is 51.8 Å². The lowest BCUT2D eigenvalue weighted by atomic mass is 9.90. The Balaban J connectivity index is 2.50. The van der Waals surface area contributed by atoms with Crippen LogP contribution in [-0.4, -0.2) is 19.2 Å². The van der Waals surface area contributed by atoms with E-state index in [-0.39, 0.29) is 6.61 Å². The molecule has 0 aromatic heterocycles. The zero-order valence-corrected chi connectivity index (χ0v) is 12.8. The number of nitrogens with zero attached hydrogens (tertiary/aromatic N) is 1. The summed E-state index contributed by atoms with van der Waals surface area (Å²) in [5.41, 5.74) is 6.23. The molecule has 0 spiro atoms. The van der Waals surface area contributed by atoms with Crippen molar-refractivity contribution in [2.75, 3.05) is 18.9 Å². The van der Waals surface area contributed by atoms with Crippen molar-refractivity contribution in [2.24, 2.45) is 5.41 Å². The van der Waals surface area contributed by atoms with Crippen LogP contribution in [0.25, 0.3) is 0 Å². The van der Waals surface area contributed by atoms with Crippen molar-refractivity contribution in [1.29, 1.82) is 5.26 Å². The van der Waals surface area contributed by atoms with Gasteiger partial charge in [0.25, 0.3) is 0 Å². The van der Waals surface area contributed by atoms with Gasteiger partial charge in [-0.3, -0.25) is 0 Å². The summed E-state index contributed by atoms with van der Waals surface area (Å²) in [6.45, 7) is 6.40. The first-order chi connectivity index (χ1) is 9.89. The molecule has 0 bridgehead atoms. The normalized spacial score (nSPS) is 10.8. The first-order valence-electron chi connectivity index (χ1n) is 7.00. The number of hydrogen-bond donors (Lipinski definition) is 1. The second kappa shape index (κ2) is 7.53. The third-order valence-corrected chi connectivity index (χ3v) is 3.03. The second-order valence-corrected chi connectivity index (χ2v) is 5.42. The number of rotatable bonds is 7. The number of carbonyl (C=O) groups excluding carboxylic acids is 1. The van der Waals surface area contributed by atoms with Crippen LogP contribution in [0.2, 0.25) is 0 Å². The third kappa shape index (κ3) is 5.35. The molecule has 5 nitrogen and oxygen atoms in total. The van der Waals surface area contributed by atoms with Crippen LogP contribution < -0.4 is 10.5 Å². The summed E-state index contributed by atoms with van der Waals surface area (Å²) in [5.74, 6) is 0.143. The maximum Gasteiger partial charge on any atom is 0.338 e. The topological polar surface area (TPSA) is 85.3 Å². The fourth-order valence-corrected chi connectivity index (χ4v) is 1.78. The fraction of sp³-hybridized carbons (Fsp3) is 0.500. The van der Waals surface area contributed by atoms with Gasteiger partial charge in [-0.1, -0.05) is 0 Å². The second-order valence-electron chi connectivity index (χ2n) is 5.42. The molecule has 1 aromatic rings. The van der Waals surface area contributed by atoms with Gasteiger partial charge in [0.2, 0.25) is 0 Å². The molecular formula is C16H22N2O3. The Kier molecular flexibility index (Phi) is 6.04. The molecule has 114 valence electrons. The molecule has 0 radical (unpaired) electrons. The predicted octanol–water partition coefficient (Wildman–Crippen LogP) is 3.15. The molecular weight excluding hydrogens is 268 g/mol. The zero-order chi connectivity index (χ0) is 15.9. The molecule has 0 aliphatic rings. The van der Waals surface area contributed by atoms with Gasteiger partial charge in [-0.25, -0.2) is 4.79 Å². The van der Waals surface area contributed by atoms with Gasteiger partial charge < -0.3 is 15.2 Å². The fourth-order valence-electron chi connectivity index (χ4n) is 1.78. The molecule has 0 aliphatic carbocycles. The van der Waals surface area contributed by atoms with E-state index in [1.165, 1.54) is 0 Å². The summed E-state index contributed by atoms with van der Waals surface area (Å²) in [4.78, 5) is 11.9. The Morgan fingerprint density at radius 1 is 1.43 bits per heavy atom. The van der Waals surface area contributed by atoms with Gasteiger partial charge in [-0.15, -0.1) is 0 Å². The third-order valence-electron chi connectivity index (χ3n) is 3.03. The molecule has 0 fully saturated rings. The van der Waals surface area contributed by atoms with E-state index in [0.29, 0.717) is 36.4 Å². The van der Waals surface area contributed by atoms with Gasteiger partial charge in [0.05, 0.1) is 35.9 Å². The first kappa shape index (κ1) is 16.8. The number of nitrogens with two attached hydrogens (primary N) is 1. The van der Waals surface area contributed by atoms with Crippen LogP contribution in [-0.2, 0) is 4.74 Å². The molecule has 1 rings (SSSR count). The average Bonchev–Trinajstić information content (AvgIpc) is 2.45. The molecule has 0 unspecified atom stereocenters. The maximum atomic E-state index is 11.9. The maximum absolute atomic E-state index is 11.9. The minimum Gasteiger partial charge on any atom is -0.492 e. The van der Waals surface area contributed by atoms with E-state index < -0.39 is 11.4 Å². The Bertz CT molecular complexity index is 533. The number of ether oxygens (including phenoxy) is 2. The van der Waals surface area contributed by atoms with Crippen LogP contribution in [0.4, 0.5) is 5.69 Å². The molecule has 0 heterocycles. The number of esters is 1. The molecule has 1 aromatic carbocycles. The van der Waals surface area contributed by atoms with E-state index in [1.54, 1.807) is 18.2 Å². The van der Waals surface area contributed by atoms with E-state index >= 15 is 0 Å². The van der Waals surface area contributed by atoms with Gasteiger partial charge in [0.15, 0.2) is 0 Å². The van der Waals surface area contributed by atoms with Gasteiger partial charge in [-0.2, -0.15) is 5.26 Å². The number of nitrogen functional groups attached to an aromatic ring is 1. The molecule has 0 saturated heterocycles. The van der Waals surface area contributed by atoms with Crippen molar-refractivity contribution >= 4 is 11.7 Å². The number of benzene rings is 1. The van der Waals surface area contributed by atoms with E-state index in [1.807, 2.05) is 20.8 Å². The van der Waals surface area contributed by atoms with Crippen molar-refractivity contribution in [3.8, 4) is 11.8 Å². The van der Waals surface area contributed by atoms with E-state index in [2.05, 4.69) is 6.07 Å². The van der Waals surface area contributed by atoms with Gasteiger partial charge >= 0.3 is 5.97 Å². The summed E-state index contributed by atoms with van der Waals surface area (Å²) in [6.07, 6.45) is 1.33. The highest BCUT2D eigenvalue weighted by molar-refractivity contribution is 5.91. The largest absolute Gasteiger partial charge is 0.492 e. The van der Waals surface area contributed by atoms with Gasteiger partial charge in [0, 0.05) is 0 Å². The number of nitriles is 1. The minimum absolute atomic E-state index is 0.289. The lowest BCUT2D eigenvalue weighted by Gasteiger charge is -2.14. The Morgan fingerprint density at radius 2 is 2.14 bits per heavy atom. The van der Waals surface area contributed by atoms with E-state index in [4.69, 9.17) is 20.5 Å². The van der Waals surface area contributed by atoms with Gasteiger partial charge in [0.1, 0.15) is 5.75 Å². The van der Waals surface area contributed by atoms with E-state index in [0.717, 1.165) is 0 Å². The Labute approximate surface area is 125 Å². The summed E-state index contributed by atoms with van der Waals surface area (Å²) in [6, 6.07) is 7.05. The predicted molar refractivity (Wildman–Crippen MR) is 80.9 cm³/mol. The highest BCUT2D eigenvalue weighted by Gasteiger charge is 2.16. The van der Waals surface area contributed by atoms with Crippen LogP contribution in [0.15, 0.2) is 18.2 Å². The van der Waals surface area contributed by atoms with Crippen LogP contribution >= 0.6 is 0 Å². The summed E-state index contributed by atoms with van der Waals surface area (Å²) >= 11 is 0. The van der Waals surface area contributed by atoms with Crippen LogP contribution in [0, 0.1) is 16.7 Å². The standard InChI is InChI=1S/C16H22N2O3/c1-4-20-14-7-6-12(10-13(14)18)15(19)21-9-5-8-16(2,3)11-17/h6-7,10H,4-5,8-9,18H2,1-3H3.